The van der Waals surface area contributed by atoms with E-state index in [0.29, 0.717) is 29.1 Å². The van der Waals surface area contributed by atoms with Gasteiger partial charge in [0.05, 0.1) is 23.1 Å². The fourth-order valence-electron chi connectivity index (χ4n) is 2.71. The molecule has 1 aliphatic rings. The average Bonchev–Trinajstić information content (AvgIpc) is 2.84. The summed E-state index contributed by atoms with van der Waals surface area (Å²) in [5, 5.41) is 16.7. The molecule has 0 unspecified atom stereocenters. The van der Waals surface area contributed by atoms with Gasteiger partial charge in [-0.25, -0.2) is 9.48 Å². The lowest BCUT2D eigenvalue weighted by Crippen LogP contribution is -2.59. The van der Waals surface area contributed by atoms with Crippen molar-refractivity contribution in [3.63, 3.8) is 0 Å². The zero-order valence-electron chi connectivity index (χ0n) is 12.5. The fraction of sp³-hybridized carbons (Fsp3) is 0.312. The molecule has 0 saturated heterocycles. The van der Waals surface area contributed by atoms with Crippen LogP contribution in [-0.2, 0) is 4.79 Å². The van der Waals surface area contributed by atoms with Crippen LogP contribution in [0.2, 0.25) is 5.02 Å². The van der Waals surface area contributed by atoms with Gasteiger partial charge < -0.3 is 10.4 Å². The Morgan fingerprint density at radius 2 is 2.13 bits per heavy atom. The van der Waals surface area contributed by atoms with E-state index in [9.17, 15) is 14.7 Å². The minimum absolute atomic E-state index is 0.359. The van der Waals surface area contributed by atoms with Crippen molar-refractivity contribution in [2.24, 2.45) is 0 Å². The molecule has 23 heavy (non-hydrogen) atoms. The van der Waals surface area contributed by atoms with Crippen molar-refractivity contribution >= 4 is 23.5 Å². The van der Waals surface area contributed by atoms with Crippen LogP contribution >= 0.6 is 11.6 Å². The summed E-state index contributed by atoms with van der Waals surface area (Å²) in [6, 6.07) is 7.13. The van der Waals surface area contributed by atoms with Gasteiger partial charge >= 0.3 is 5.97 Å². The lowest BCUT2D eigenvalue weighted by atomic mass is 9.76. The molecule has 2 aromatic rings. The van der Waals surface area contributed by atoms with Crippen LogP contribution in [0.5, 0.6) is 0 Å². The Hall–Kier alpha value is -2.34. The van der Waals surface area contributed by atoms with Crippen molar-refractivity contribution < 1.29 is 14.7 Å². The maximum Gasteiger partial charge on any atom is 0.329 e. The summed E-state index contributed by atoms with van der Waals surface area (Å²) in [7, 11) is 0. The minimum Gasteiger partial charge on any atom is -0.480 e. The highest BCUT2D eigenvalue weighted by molar-refractivity contribution is 6.30. The zero-order chi connectivity index (χ0) is 16.6. The van der Waals surface area contributed by atoms with E-state index >= 15 is 0 Å². The highest BCUT2D eigenvalue weighted by atomic mass is 35.5. The first-order chi connectivity index (χ1) is 10.9. The summed E-state index contributed by atoms with van der Waals surface area (Å²) in [6.07, 6.45) is 3.15. The van der Waals surface area contributed by atoms with E-state index in [1.807, 2.05) is 6.07 Å². The molecule has 0 bridgehead atoms. The van der Waals surface area contributed by atoms with Crippen molar-refractivity contribution in [1.82, 2.24) is 15.1 Å². The summed E-state index contributed by atoms with van der Waals surface area (Å²) in [4.78, 5) is 23.8. The van der Waals surface area contributed by atoms with Gasteiger partial charge in [-0.3, -0.25) is 4.79 Å². The van der Waals surface area contributed by atoms with Crippen LogP contribution in [0.25, 0.3) is 5.69 Å². The van der Waals surface area contributed by atoms with Crippen molar-refractivity contribution in [3.8, 4) is 5.69 Å². The molecular formula is C16H16ClN3O3. The number of nitrogens with one attached hydrogen (secondary N) is 1. The second-order valence-electron chi connectivity index (χ2n) is 5.73. The lowest BCUT2D eigenvalue weighted by Gasteiger charge is -2.38. The van der Waals surface area contributed by atoms with Gasteiger partial charge in [0.2, 0.25) is 0 Å². The van der Waals surface area contributed by atoms with Crippen LogP contribution in [-0.4, -0.2) is 32.3 Å². The molecule has 7 heteroatoms. The Labute approximate surface area is 138 Å². The van der Waals surface area contributed by atoms with E-state index in [1.165, 1.54) is 6.20 Å². The Bertz CT molecular complexity index is 781. The number of aliphatic carboxylic acids is 1. The molecule has 0 aliphatic heterocycles. The number of carboxylic acids is 1. The van der Waals surface area contributed by atoms with Gasteiger partial charge in [-0.05, 0) is 44.4 Å². The van der Waals surface area contributed by atoms with Gasteiger partial charge in [0.1, 0.15) is 5.54 Å². The van der Waals surface area contributed by atoms with E-state index in [-0.39, 0.29) is 0 Å². The number of carbonyl (C=O) groups excluding carboxylic acids is 1. The second kappa shape index (κ2) is 5.70. The second-order valence-corrected chi connectivity index (χ2v) is 6.17. The Morgan fingerprint density at radius 1 is 1.39 bits per heavy atom. The number of rotatable bonds is 4. The normalized spacial score (nSPS) is 15.7. The quantitative estimate of drug-likeness (QED) is 0.900. The van der Waals surface area contributed by atoms with Crippen molar-refractivity contribution in [3.05, 3.63) is 46.7 Å². The Kier molecular flexibility index (Phi) is 3.85. The minimum atomic E-state index is -1.14. The lowest BCUT2D eigenvalue weighted by molar-refractivity contribution is -0.148. The summed E-state index contributed by atoms with van der Waals surface area (Å²) in [6.45, 7) is 1.76. The molecule has 6 nitrogen and oxygen atoms in total. The number of carboxylic acid groups (broad SMARTS) is 1. The molecular weight excluding hydrogens is 318 g/mol. The first kappa shape index (κ1) is 15.6. The van der Waals surface area contributed by atoms with Gasteiger partial charge in [-0.15, -0.1) is 0 Å². The first-order valence-electron chi connectivity index (χ1n) is 7.29. The van der Waals surface area contributed by atoms with Crippen molar-refractivity contribution in [1.29, 1.82) is 0 Å². The number of hydrogen-bond donors (Lipinski definition) is 2. The van der Waals surface area contributed by atoms with Crippen LogP contribution in [0, 0.1) is 6.92 Å². The molecule has 1 aliphatic carbocycles. The SMILES string of the molecule is Cc1c(C(=O)NC2(C(=O)O)CCC2)cnn1-c1cccc(Cl)c1. The van der Waals surface area contributed by atoms with Crippen LogP contribution in [0.3, 0.4) is 0 Å². The van der Waals surface area contributed by atoms with Gasteiger partial charge in [0.25, 0.3) is 5.91 Å². The van der Waals surface area contributed by atoms with E-state index in [0.717, 1.165) is 12.1 Å². The van der Waals surface area contributed by atoms with Crippen LogP contribution in [0.4, 0.5) is 0 Å². The van der Waals surface area contributed by atoms with Crippen LogP contribution in [0.1, 0.15) is 35.3 Å². The van der Waals surface area contributed by atoms with Gasteiger partial charge in [0, 0.05) is 5.02 Å². The molecule has 0 atom stereocenters. The van der Waals surface area contributed by atoms with Gasteiger partial charge in [-0.1, -0.05) is 17.7 Å². The van der Waals surface area contributed by atoms with E-state index in [4.69, 9.17) is 11.6 Å². The predicted octanol–water partition coefficient (Wildman–Crippen LogP) is 2.57. The van der Waals surface area contributed by atoms with Crippen LogP contribution in [0.15, 0.2) is 30.5 Å². The third-order valence-corrected chi connectivity index (χ3v) is 4.51. The smallest absolute Gasteiger partial charge is 0.329 e. The standard InChI is InChI=1S/C16H16ClN3O3/c1-10-13(14(21)19-16(15(22)23)6-3-7-16)9-18-20(10)12-5-2-4-11(17)8-12/h2,4-5,8-9H,3,6-7H2,1H3,(H,19,21)(H,22,23). The summed E-state index contributed by atoms with van der Waals surface area (Å²) in [5.41, 5.74) is 0.592. The number of benzene rings is 1. The topological polar surface area (TPSA) is 84.2 Å². The number of halogens is 1. The Balaban J connectivity index is 1.87. The maximum absolute atomic E-state index is 12.4. The molecule has 1 amide bonds. The highest BCUT2D eigenvalue weighted by Gasteiger charge is 2.46. The molecule has 1 heterocycles. The molecule has 2 N–H and O–H groups in total. The number of nitrogens with zero attached hydrogens (tertiary/aromatic N) is 2. The summed E-state index contributed by atoms with van der Waals surface area (Å²) < 4.78 is 1.61. The molecule has 0 spiro atoms. The maximum atomic E-state index is 12.4. The fourth-order valence-corrected chi connectivity index (χ4v) is 2.89. The highest BCUT2D eigenvalue weighted by Crippen LogP contribution is 2.32. The van der Waals surface area contributed by atoms with Crippen LogP contribution < -0.4 is 5.32 Å². The number of amides is 1. The first-order valence-corrected chi connectivity index (χ1v) is 7.67. The predicted molar refractivity (Wildman–Crippen MR) is 85.0 cm³/mol. The third-order valence-electron chi connectivity index (χ3n) is 4.28. The van der Waals surface area contributed by atoms with Crippen molar-refractivity contribution in [2.45, 2.75) is 31.7 Å². The molecule has 0 radical (unpaired) electrons. The molecule has 1 aromatic carbocycles. The average molecular weight is 334 g/mol. The number of aromatic nitrogens is 2. The molecule has 1 saturated carbocycles. The van der Waals surface area contributed by atoms with E-state index in [1.54, 1.807) is 29.8 Å². The zero-order valence-corrected chi connectivity index (χ0v) is 13.3. The Morgan fingerprint density at radius 3 is 2.70 bits per heavy atom. The molecule has 120 valence electrons. The van der Waals surface area contributed by atoms with E-state index in [2.05, 4.69) is 10.4 Å². The number of carbonyl (C=O) groups is 2. The monoisotopic (exact) mass is 333 g/mol. The third kappa shape index (κ3) is 2.70. The largest absolute Gasteiger partial charge is 0.480 e. The van der Waals surface area contributed by atoms with Crippen molar-refractivity contribution in [2.75, 3.05) is 0 Å². The molecule has 1 aromatic heterocycles. The number of hydrogen-bond acceptors (Lipinski definition) is 3. The van der Waals surface area contributed by atoms with Gasteiger partial charge in [-0.2, -0.15) is 5.10 Å². The molecule has 3 rings (SSSR count). The molecule has 1 fully saturated rings. The van der Waals surface area contributed by atoms with E-state index < -0.39 is 17.4 Å². The van der Waals surface area contributed by atoms with Gasteiger partial charge in [0.15, 0.2) is 0 Å². The summed E-state index contributed by atoms with van der Waals surface area (Å²) >= 11 is 5.98. The summed E-state index contributed by atoms with van der Waals surface area (Å²) in [5.74, 6) is -1.41.